The van der Waals surface area contributed by atoms with Crippen molar-refractivity contribution < 1.29 is 19.2 Å². The van der Waals surface area contributed by atoms with Gasteiger partial charge in [-0.1, -0.05) is 24.3 Å². The Bertz CT molecular complexity index is 1020. The molecule has 1 aliphatic rings. The van der Waals surface area contributed by atoms with Crippen LogP contribution in [0.2, 0.25) is 0 Å². The summed E-state index contributed by atoms with van der Waals surface area (Å²) in [5.41, 5.74) is 1.25. The molecule has 0 fully saturated rings. The molecule has 32 heavy (non-hydrogen) atoms. The minimum Gasteiger partial charge on any atom is -0.324 e. The smallest absolute Gasteiger partial charge is 0.241 e. The van der Waals surface area contributed by atoms with Gasteiger partial charge in [-0.2, -0.15) is 0 Å². The van der Waals surface area contributed by atoms with Gasteiger partial charge in [0.2, 0.25) is 11.8 Å². The third-order valence-electron chi connectivity index (χ3n) is 5.90. The predicted molar refractivity (Wildman–Crippen MR) is 123 cm³/mol. The summed E-state index contributed by atoms with van der Waals surface area (Å²) in [6.07, 6.45) is 0. The monoisotopic (exact) mass is 436 g/mol. The molecule has 0 aromatic heterocycles. The van der Waals surface area contributed by atoms with Crippen molar-refractivity contribution in [3.8, 4) is 0 Å². The second-order valence-electron chi connectivity index (χ2n) is 8.37. The Morgan fingerprint density at radius 2 is 1.06 bits per heavy atom. The van der Waals surface area contributed by atoms with E-state index >= 15 is 0 Å². The highest BCUT2D eigenvalue weighted by Crippen LogP contribution is 2.35. The fourth-order valence-corrected chi connectivity index (χ4v) is 3.39. The quantitative estimate of drug-likeness (QED) is 0.615. The van der Waals surface area contributed by atoms with Crippen molar-refractivity contribution >= 4 is 34.8 Å². The molecule has 0 saturated carbocycles. The number of nitrogens with zero attached hydrogens (tertiary/aromatic N) is 2. The molecular weight excluding hydrogens is 408 g/mol. The van der Waals surface area contributed by atoms with Gasteiger partial charge >= 0.3 is 0 Å². The summed E-state index contributed by atoms with van der Waals surface area (Å²) >= 11 is 0. The zero-order valence-electron chi connectivity index (χ0n) is 19.1. The lowest BCUT2D eigenvalue weighted by molar-refractivity contribution is -0.120. The summed E-state index contributed by atoms with van der Waals surface area (Å²) < 4.78 is 0. The molecule has 2 aromatic carbocycles. The van der Waals surface area contributed by atoms with E-state index in [-0.39, 0.29) is 51.2 Å². The summed E-state index contributed by atoms with van der Waals surface area (Å²) in [6.45, 7) is 3.49. The molecule has 2 unspecified atom stereocenters. The number of rotatable bonds is 6. The lowest BCUT2D eigenvalue weighted by atomic mass is 9.82. The van der Waals surface area contributed by atoms with Crippen LogP contribution in [0.1, 0.15) is 45.7 Å². The Labute approximate surface area is 187 Å². The number of anilines is 2. The van der Waals surface area contributed by atoms with Gasteiger partial charge in [0, 0.05) is 11.1 Å². The fraction of sp³-hybridized carbons (Fsp3) is 0.333. The van der Waals surface area contributed by atoms with E-state index < -0.39 is 17.9 Å². The molecule has 0 bridgehead atoms. The van der Waals surface area contributed by atoms with E-state index in [0.717, 1.165) is 0 Å². The molecule has 2 aromatic rings. The number of amides is 2. The number of nitrogens with one attached hydrogen (secondary N) is 2. The van der Waals surface area contributed by atoms with Gasteiger partial charge in [-0.25, -0.2) is 0 Å². The van der Waals surface area contributed by atoms with Crippen molar-refractivity contribution in [2.75, 3.05) is 38.8 Å². The lowest BCUT2D eigenvalue weighted by Gasteiger charge is -2.25. The zero-order valence-corrected chi connectivity index (χ0v) is 19.1. The maximum atomic E-state index is 13.6. The Balaban J connectivity index is 2.05. The van der Waals surface area contributed by atoms with Crippen LogP contribution in [-0.2, 0) is 9.59 Å². The van der Waals surface area contributed by atoms with E-state index in [9.17, 15) is 19.2 Å². The van der Waals surface area contributed by atoms with Crippen LogP contribution in [-0.4, -0.2) is 73.5 Å². The largest absolute Gasteiger partial charge is 0.324 e. The van der Waals surface area contributed by atoms with Gasteiger partial charge in [0.05, 0.1) is 34.6 Å². The number of hydrogen-bond acceptors (Lipinski definition) is 6. The van der Waals surface area contributed by atoms with Gasteiger partial charge in [0.25, 0.3) is 0 Å². The number of likely N-dealkylation sites (N-methyl/N-ethyl adjacent to an activating group) is 2. The second kappa shape index (κ2) is 9.02. The van der Waals surface area contributed by atoms with Crippen LogP contribution >= 0.6 is 0 Å². The summed E-state index contributed by atoms with van der Waals surface area (Å²) in [7, 11) is 7.11. The molecule has 2 atom stereocenters. The minimum absolute atomic E-state index is 0.131. The van der Waals surface area contributed by atoms with E-state index in [0.29, 0.717) is 0 Å². The molecule has 2 N–H and O–H groups in total. The number of fused-ring (bicyclic) bond motifs is 2. The summed E-state index contributed by atoms with van der Waals surface area (Å²) in [6, 6.07) is 8.75. The van der Waals surface area contributed by atoms with Crippen LogP contribution in [0.5, 0.6) is 0 Å². The van der Waals surface area contributed by atoms with Crippen LogP contribution in [0.15, 0.2) is 36.4 Å². The molecule has 3 rings (SSSR count). The second-order valence-corrected chi connectivity index (χ2v) is 8.37. The highest BCUT2D eigenvalue weighted by molar-refractivity contribution is 6.32. The van der Waals surface area contributed by atoms with E-state index in [1.54, 1.807) is 88.2 Å². The summed E-state index contributed by atoms with van der Waals surface area (Å²) in [5.74, 6) is -1.34. The predicted octanol–water partition coefficient (Wildman–Crippen LogP) is 2.24. The Morgan fingerprint density at radius 3 is 1.41 bits per heavy atom. The van der Waals surface area contributed by atoms with Crippen LogP contribution in [0, 0.1) is 0 Å². The van der Waals surface area contributed by atoms with E-state index in [2.05, 4.69) is 10.6 Å². The first-order chi connectivity index (χ1) is 15.0. The molecule has 0 radical (unpaired) electrons. The standard InChI is InChI=1S/C24H28N4O4/c1-13(27(3)4)23(31)25-17-11-7-9-15-19(17)22(30)20-16(21(15)29)10-8-12-18(20)26-24(32)14(2)28(5)6/h7-14H,1-6H3,(H,25,31)(H,26,32). The van der Waals surface area contributed by atoms with Crippen molar-refractivity contribution in [3.05, 3.63) is 58.7 Å². The maximum absolute atomic E-state index is 13.6. The lowest BCUT2D eigenvalue weighted by Crippen LogP contribution is -2.38. The number of carbonyl (C=O) groups is 4. The molecule has 8 nitrogen and oxygen atoms in total. The van der Waals surface area contributed by atoms with Gasteiger partial charge in [-0.15, -0.1) is 0 Å². The van der Waals surface area contributed by atoms with Crippen molar-refractivity contribution in [3.63, 3.8) is 0 Å². The van der Waals surface area contributed by atoms with Gasteiger partial charge < -0.3 is 10.6 Å². The van der Waals surface area contributed by atoms with Crippen molar-refractivity contribution in [1.82, 2.24) is 9.80 Å². The summed E-state index contributed by atoms with van der Waals surface area (Å²) in [5, 5.41) is 5.56. The Morgan fingerprint density at radius 1 is 0.688 bits per heavy atom. The third kappa shape index (κ3) is 4.19. The molecule has 0 spiro atoms. The first-order valence-electron chi connectivity index (χ1n) is 10.3. The van der Waals surface area contributed by atoms with Gasteiger partial charge in [0.1, 0.15) is 0 Å². The molecule has 2 amide bonds. The Kier molecular flexibility index (Phi) is 6.57. The van der Waals surface area contributed by atoms with Crippen molar-refractivity contribution in [1.29, 1.82) is 0 Å². The highest BCUT2D eigenvalue weighted by Gasteiger charge is 2.34. The van der Waals surface area contributed by atoms with Crippen LogP contribution in [0.4, 0.5) is 11.4 Å². The molecule has 0 aliphatic heterocycles. The maximum Gasteiger partial charge on any atom is 0.241 e. The van der Waals surface area contributed by atoms with Gasteiger partial charge in [0.15, 0.2) is 11.6 Å². The van der Waals surface area contributed by atoms with E-state index in [1.165, 1.54) is 0 Å². The molecular formula is C24H28N4O4. The zero-order chi connectivity index (χ0) is 23.7. The highest BCUT2D eigenvalue weighted by atomic mass is 16.2. The average molecular weight is 437 g/mol. The average Bonchev–Trinajstić information content (AvgIpc) is 2.75. The molecule has 0 saturated heterocycles. The normalized spacial score (nSPS) is 14.6. The molecule has 0 heterocycles. The summed E-state index contributed by atoms with van der Waals surface area (Å²) in [4.78, 5) is 55.5. The number of benzene rings is 2. The molecule has 168 valence electrons. The van der Waals surface area contributed by atoms with Crippen LogP contribution in [0.25, 0.3) is 0 Å². The topological polar surface area (TPSA) is 98.8 Å². The molecule has 1 aliphatic carbocycles. The Hall–Kier alpha value is -3.36. The first-order valence-corrected chi connectivity index (χ1v) is 10.3. The fourth-order valence-electron chi connectivity index (χ4n) is 3.39. The van der Waals surface area contributed by atoms with Gasteiger partial charge in [-0.05, 0) is 54.2 Å². The SMILES string of the molecule is CC(C(=O)Nc1cccc2c1C(=O)c1c(NC(=O)C(C)N(C)C)cccc1C2=O)N(C)C. The molecule has 8 heteroatoms. The van der Waals surface area contributed by atoms with Crippen LogP contribution < -0.4 is 10.6 Å². The minimum atomic E-state index is -0.435. The van der Waals surface area contributed by atoms with Crippen LogP contribution in [0.3, 0.4) is 0 Å². The number of hydrogen-bond donors (Lipinski definition) is 2. The number of carbonyl (C=O) groups excluding carboxylic acids is 4. The third-order valence-corrected chi connectivity index (χ3v) is 5.90. The van der Waals surface area contributed by atoms with Crippen molar-refractivity contribution in [2.45, 2.75) is 25.9 Å². The van der Waals surface area contributed by atoms with Gasteiger partial charge in [-0.3, -0.25) is 29.0 Å². The first kappa shape index (κ1) is 23.3. The van der Waals surface area contributed by atoms with E-state index in [4.69, 9.17) is 0 Å². The van der Waals surface area contributed by atoms with E-state index in [1.807, 2.05) is 0 Å². The number of ketones is 2. The van der Waals surface area contributed by atoms with Crippen molar-refractivity contribution in [2.24, 2.45) is 0 Å².